The quantitative estimate of drug-likeness (QED) is 0.866. The lowest BCUT2D eigenvalue weighted by molar-refractivity contribution is -0.123. The van der Waals surface area contributed by atoms with Gasteiger partial charge in [0, 0.05) is 4.47 Å². The molecule has 0 fully saturated rings. The number of carbonyl (C=O) groups excluding carboxylic acids is 1. The summed E-state index contributed by atoms with van der Waals surface area (Å²) in [6, 6.07) is 12.9. The molecular formula is C17H16BrNO4. The molecule has 1 unspecified atom stereocenters. The monoisotopic (exact) mass is 377 g/mol. The van der Waals surface area contributed by atoms with E-state index in [0.29, 0.717) is 11.5 Å². The zero-order valence-electron chi connectivity index (χ0n) is 12.5. The van der Waals surface area contributed by atoms with Crippen LogP contribution in [0.15, 0.2) is 46.9 Å². The molecule has 1 aliphatic rings. The van der Waals surface area contributed by atoms with Crippen molar-refractivity contribution in [2.45, 2.75) is 13.0 Å². The van der Waals surface area contributed by atoms with Gasteiger partial charge in [0.1, 0.15) is 5.75 Å². The molecular weight excluding hydrogens is 362 g/mol. The van der Waals surface area contributed by atoms with Crippen LogP contribution in [0.25, 0.3) is 0 Å². The average Bonchev–Trinajstić information content (AvgIpc) is 3.00. The lowest BCUT2D eigenvalue weighted by atomic mass is 10.1. The SMILES string of the molecule is CC(NC(=O)COc1cccc(Br)c1)c1ccc2c(c1)OCO2. The summed E-state index contributed by atoms with van der Waals surface area (Å²) in [4.78, 5) is 12.0. The third kappa shape index (κ3) is 3.96. The van der Waals surface area contributed by atoms with E-state index in [0.717, 1.165) is 15.8 Å². The van der Waals surface area contributed by atoms with Crippen LogP contribution >= 0.6 is 15.9 Å². The summed E-state index contributed by atoms with van der Waals surface area (Å²) in [6.07, 6.45) is 0. The van der Waals surface area contributed by atoms with Gasteiger partial charge in [-0.25, -0.2) is 0 Å². The zero-order valence-corrected chi connectivity index (χ0v) is 14.1. The minimum atomic E-state index is -0.185. The van der Waals surface area contributed by atoms with Crippen LogP contribution in [0.2, 0.25) is 0 Å². The van der Waals surface area contributed by atoms with Gasteiger partial charge in [-0.1, -0.05) is 28.1 Å². The molecule has 0 radical (unpaired) electrons. The Morgan fingerprint density at radius 3 is 2.91 bits per heavy atom. The molecule has 0 saturated heterocycles. The standard InChI is InChI=1S/C17H16BrNO4/c1-11(12-5-6-15-16(7-12)23-10-22-15)19-17(20)9-21-14-4-2-3-13(18)8-14/h2-8,11H,9-10H2,1H3,(H,19,20). The van der Waals surface area contributed by atoms with Gasteiger partial charge in [0.25, 0.3) is 5.91 Å². The lowest BCUT2D eigenvalue weighted by Crippen LogP contribution is -2.31. The number of amides is 1. The highest BCUT2D eigenvalue weighted by Gasteiger charge is 2.17. The molecule has 1 atom stereocenters. The number of ether oxygens (including phenoxy) is 3. The van der Waals surface area contributed by atoms with E-state index in [1.165, 1.54) is 0 Å². The normalized spacial score (nSPS) is 13.5. The fraction of sp³-hybridized carbons (Fsp3) is 0.235. The molecule has 1 N–H and O–H groups in total. The second-order valence-electron chi connectivity index (χ2n) is 5.15. The van der Waals surface area contributed by atoms with Crippen LogP contribution in [0.4, 0.5) is 0 Å². The van der Waals surface area contributed by atoms with Crippen molar-refractivity contribution >= 4 is 21.8 Å². The maximum Gasteiger partial charge on any atom is 0.258 e. The summed E-state index contributed by atoms with van der Waals surface area (Å²) in [6.45, 7) is 2.11. The second kappa shape index (κ2) is 6.91. The van der Waals surface area contributed by atoms with Gasteiger partial charge in [-0.3, -0.25) is 4.79 Å². The zero-order chi connectivity index (χ0) is 16.2. The number of benzene rings is 2. The van der Waals surface area contributed by atoms with E-state index in [9.17, 15) is 4.79 Å². The van der Waals surface area contributed by atoms with Crippen LogP contribution < -0.4 is 19.5 Å². The van der Waals surface area contributed by atoms with Crippen molar-refractivity contribution in [3.05, 3.63) is 52.5 Å². The minimum absolute atomic E-state index is 0.0364. The van der Waals surface area contributed by atoms with Crippen LogP contribution in [0.1, 0.15) is 18.5 Å². The van der Waals surface area contributed by atoms with Crippen molar-refractivity contribution in [1.82, 2.24) is 5.32 Å². The summed E-state index contributed by atoms with van der Waals surface area (Å²) in [5.74, 6) is 1.89. The molecule has 1 heterocycles. The molecule has 0 aliphatic carbocycles. The highest BCUT2D eigenvalue weighted by atomic mass is 79.9. The van der Waals surface area contributed by atoms with Gasteiger partial charge < -0.3 is 19.5 Å². The predicted octanol–water partition coefficient (Wildman–Crippen LogP) is 3.43. The summed E-state index contributed by atoms with van der Waals surface area (Å²) < 4.78 is 17.0. The predicted molar refractivity (Wildman–Crippen MR) is 88.8 cm³/mol. The topological polar surface area (TPSA) is 56.8 Å². The first kappa shape index (κ1) is 15.7. The fourth-order valence-electron chi connectivity index (χ4n) is 2.25. The molecule has 120 valence electrons. The number of fused-ring (bicyclic) bond motifs is 1. The molecule has 1 amide bonds. The smallest absolute Gasteiger partial charge is 0.258 e. The Hall–Kier alpha value is -2.21. The molecule has 5 nitrogen and oxygen atoms in total. The first-order chi connectivity index (χ1) is 11.1. The van der Waals surface area contributed by atoms with Gasteiger partial charge in [0.05, 0.1) is 6.04 Å². The van der Waals surface area contributed by atoms with E-state index < -0.39 is 0 Å². The number of hydrogen-bond donors (Lipinski definition) is 1. The Labute approximate surface area is 142 Å². The molecule has 0 saturated carbocycles. The van der Waals surface area contributed by atoms with Crippen molar-refractivity contribution < 1.29 is 19.0 Å². The Kier molecular flexibility index (Phi) is 4.71. The van der Waals surface area contributed by atoms with E-state index in [1.54, 1.807) is 6.07 Å². The Morgan fingerprint density at radius 2 is 2.09 bits per heavy atom. The molecule has 0 aromatic heterocycles. The largest absolute Gasteiger partial charge is 0.484 e. The molecule has 3 rings (SSSR count). The van der Waals surface area contributed by atoms with Gasteiger partial charge in [-0.05, 0) is 42.8 Å². The fourth-order valence-corrected chi connectivity index (χ4v) is 2.63. The Balaban J connectivity index is 1.55. The van der Waals surface area contributed by atoms with Crippen molar-refractivity contribution in [3.63, 3.8) is 0 Å². The number of rotatable bonds is 5. The van der Waals surface area contributed by atoms with E-state index in [1.807, 2.05) is 43.3 Å². The van der Waals surface area contributed by atoms with E-state index >= 15 is 0 Å². The number of hydrogen-bond acceptors (Lipinski definition) is 4. The van der Waals surface area contributed by atoms with Gasteiger partial charge >= 0.3 is 0 Å². The Morgan fingerprint density at radius 1 is 1.26 bits per heavy atom. The summed E-state index contributed by atoms with van der Waals surface area (Å²) in [5, 5.41) is 2.90. The van der Waals surface area contributed by atoms with Crippen molar-refractivity contribution in [3.8, 4) is 17.2 Å². The van der Waals surface area contributed by atoms with Crippen LogP contribution in [-0.2, 0) is 4.79 Å². The van der Waals surface area contributed by atoms with E-state index in [2.05, 4.69) is 21.2 Å². The first-order valence-corrected chi connectivity index (χ1v) is 7.98. The summed E-state index contributed by atoms with van der Waals surface area (Å²) in [5.41, 5.74) is 0.949. The average molecular weight is 378 g/mol. The highest BCUT2D eigenvalue weighted by molar-refractivity contribution is 9.10. The molecule has 23 heavy (non-hydrogen) atoms. The molecule has 0 spiro atoms. The second-order valence-corrected chi connectivity index (χ2v) is 6.06. The van der Waals surface area contributed by atoms with Crippen LogP contribution in [0.5, 0.6) is 17.2 Å². The summed E-state index contributed by atoms with van der Waals surface area (Å²) in [7, 11) is 0. The Bertz CT molecular complexity index is 719. The number of halogens is 1. The molecule has 2 aromatic rings. The van der Waals surface area contributed by atoms with Crippen molar-refractivity contribution in [1.29, 1.82) is 0 Å². The maximum absolute atomic E-state index is 12.0. The number of nitrogens with one attached hydrogen (secondary N) is 1. The van der Waals surface area contributed by atoms with Gasteiger partial charge in [-0.15, -0.1) is 0 Å². The summed E-state index contributed by atoms with van der Waals surface area (Å²) >= 11 is 3.36. The molecule has 6 heteroatoms. The van der Waals surface area contributed by atoms with Crippen LogP contribution in [-0.4, -0.2) is 19.3 Å². The van der Waals surface area contributed by atoms with Crippen molar-refractivity contribution in [2.24, 2.45) is 0 Å². The minimum Gasteiger partial charge on any atom is -0.484 e. The van der Waals surface area contributed by atoms with Crippen LogP contribution in [0.3, 0.4) is 0 Å². The van der Waals surface area contributed by atoms with Crippen molar-refractivity contribution in [2.75, 3.05) is 13.4 Å². The molecule has 2 aromatic carbocycles. The third-order valence-corrected chi connectivity index (χ3v) is 3.93. The lowest BCUT2D eigenvalue weighted by Gasteiger charge is -2.15. The van der Waals surface area contributed by atoms with Gasteiger partial charge in [0.15, 0.2) is 18.1 Å². The first-order valence-electron chi connectivity index (χ1n) is 7.19. The van der Waals surface area contributed by atoms with Gasteiger partial charge in [-0.2, -0.15) is 0 Å². The van der Waals surface area contributed by atoms with Crippen LogP contribution in [0, 0.1) is 0 Å². The van der Waals surface area contributed by atoms with E-state index in [4.69, 9.17) is 14.2 Å². The number of carbonyl (C=O) groups is 1. The maximum atomic E-state index is 12.0. The highest BCUT2D eigenvalue weighted by Crippen LogP contribution is 2.34. The molecule has 1 aliphatic heterocycles. The van der Waals surface area contributed by atoms with Gasteiger partial charge in [0.2, 0.25) is 6.79 Å². The van der Waals surface area contributed by atoms with E-state index in [-0.39, 0.29) is 25.3 Å². The third-order valence-electron chi connectivity index (χ3n) is 3.44. The molecule has 0 bridgehead atoms.